The minimum atomic E-state index is -1.09. The fraction of sp³-hybridized carbons (Fsp3) is 0.529. The van der Waals surface area contributed by atoms with Crippen molar-refractivity contribution in [2.24, 2.45) is 0 Å². The maximum atomic E-state index is 11.7. The summed E-state index contributed by atoms with van der Waals surface area (Å²) in [5.41, 5.74) is 0.0189. The second-order valence-electron chi connectivity index (χ2n) is 5.15. The zero-order valence-electron chi connectivity index (χ0n) is 12.6. The van der Waals surface area contributed by atoms with Crippen molar-refractivity contribution in [3.8, 4) is 5.75 Å². The molecule has 1 aromatic rings. The van der Waals surface area contributed by atoms with Crippen molar-refractivity contribution < 1.29 is 19.4 Å². The van der Waals surface area contributed by atoms with E-state index < -0.39 is 5.97 Å². The van der Waals surface area contributed by atoms with E-state index in [-0.39, 0.29) is 46.8 Å². The van der Waals surface area contributed by atoms with Crippen LogP contribution >= 0.6 is 0 Å². The van der Waals surface area contributed by atoms with Gasteiger partial charge >= 0.3 is 41.5 Å². The number of carbonyl (C=O) groups excluding carboxylic acids is 1. The molecule has 1 aromatic carbocycles. The first-order valence-electron chi connectivity index (χ1n) is 7.68. The molecule has 1 rings (SSSR count). The number of benzene rings is 1. The van der Waals surface area contributed by atoms with Gasteiger partial charge in [0.25, 0.3) is 0 Å². The van der Waals surface area contributed by atoms with Crippen LogP contribution < -0.4 is 4.74 Å². The van der Waals surface area contributed by atoms with Crippen molar-refractivity contribution >= 4 is 41.5 Å². The van der Waals surface area contributed by atoms with E-state index >= 15 is 0 Å². The molecule has 5 heteroatoms. The van der Waals surface area contributed by atoms with Gasteiger partial charge in [-0.2, -0.15) is 0 Å². The molecule has 0 heterocycles. The Bertz CT molecular complexity index is 460. The quantitative estimate of drug-likeness (QED) is 0.309. The van der Waals surface area contributed by atoms with Crippen LogP contribution in [0.4, 0.5) is 0 Å². The van der Waals surface area contributed by atoms with E-state index in [4.69, 9.17) is 9.84 Å². The first-order valence-corrected chi connectivity index (χ1v) is 7.68. The third kappa shape index (κ3) is 8.57. The van der Waals surface area contributed by atoms with Crippen LogP contribution in [0, 0.1) is 0 Å². The van der Waals surface area contributed by atoms with Gasteiger partial charge in [0.1, 0.15) is 11.3 Å². The summed E-state index contributed by atoms with van der Waals surface area (Å²) in [4.78, 5) is 22.7. The summed E-state index contributed by atoms with van der Waals surface area (Å²) < 4.78 is 5.13. The normalized spacial score (nSPS) is 9.86. The van der Waals surface area contributed by atoms with Crippen LogP contribution in [0.25, 0.3) is 0 Å². The Hall–Kier alpha value is -0.840. The predicted octanol–water partition coefficient (Wildman–Crippen LogP) is 3.78. The van der Waals surface area contributed by atoms with Crippen molar-refractivity contribution in [3.05, 3.63) is 29.8 Å². The fourth-order valence-electron chi connectivity index (χ4n) is 2.13. The molecular weight excluding hydrogens is 291 g/mol. The molecule has 0 spiro atoms. The Kier molecular flexibility index (Phi) is 12.2. The Labute approximate surface area is 154 Å². The average Bonchev–Trinajstić information content (AvgIpc) is 2.46. The van der Waals surface area contributed by atoms with E-state index in [2.05, 4.69) is 6.92 Å². The molecule has 0 saturated heterocycles. The number of unbranched alkanes of at least 4 members (excludes halogenated alkanes) is 6. The van der Waals surface area contributed by atoms with Gasteiger partial charge in [0.2, 0.25) is 0 Å². The number of hydrogen-bond donors (Lipinski definition) is 1. The Balaban J connectivity index is 0.00000441. The third-order valence-electron chi connectivity index (χ3n) is 3.33. The number of aromatic carboxylic acids is 1. The second kappa shape index (κ2) is 12.7. The number of carboxylic acids is 1. The van der Waals surface area contributed by atoms with E-state index in [0.29, 0.717) is 6.42 Å². The summed E-state index contributed by atoms with van der Waals surface area (Å²) in [5, 5.41) is 9.00. The van der Waals surface area contributed by atoms with Crippen LogP contribution in [0.15, 0.2) is 24.3 Å². The monoisotopic (exact) mass is 316 g/mol. The molecule has 1 N–H and O–H groups in total. The SMILES string of the molecule is CCCCCCCCCC(=O)Oc1ccccc1C(=O)O.[NaH]. The molecular formula is C17H25NaO4. The number of carbonyl (C=O) groups is 2. The number of hydrogen-bond acceptors (Lipinski definition) is 3. The van der Waals surface area contributed by atoms with E-state index in [9.17, 15) is 9.59 Å². The van der Waals surface area contributed by atoms with Gasteiger partial charge in [0.15, 0.2) is 0 Å². The van der Waals surface area contributed by atoms with E-state index in [0.717, 1.165) is 19.3 Å². The fourth-order valence-corrected chi connectivity index (χ4v) is 2.13. The summed E-state index contributed by atoms with van der Waals surface area (Å²) in [6.45, 7) is 2.19. The topological polar surface area (TPSA) is 63.6 Å². The van der Waals surface area contributed by atoms with Crippen molar-refractivity contribution in [1.82, 2.24) is 0 Å². The summed E-state index contributed by atoms with van der Waals surface area (Å²) >= 11 is 0. The van der Waals surface area contributed by atoms with Gasteiger partial charge in [0.05, 0.1) is 0 Å². The molecule has 0 aromatic heterocycles. The van der Waals surface area contributed by atoms with Crippen LogP contribution in [0.5, 0.6) is 5.75 Å². The molecule has 0 aliphatic heterocycles. The van der Waals surface area contributed by atoms with Crippen molar-refractivity contribution in [2.75, 3.05) is 0 Å². The molecule has 0 bridgehead atoms. The standard InChI is InChI=1S/C17H24O4.Na.H/c1-2-3-4-5-6-7-8-13-16(18)21-15-12-10-9-11-14(15)17(19)20;;/h9-12H,2-8,13H2,1H3,(H,19,20);;. The molecule has 22 heavy (non-hydrogen) atoms. The van der Waals surface area contributed by atoms with Gasteiger partial charge in [-0.05, 0) is 18.6 Å². The van der Waals surface area contributed by atoms with Crippen molar-refractivity contribution in [3.63, 3.8) is 0 Å². The molecule has 0 amide bonds. The van der Waals surface area contributed by atoms with Crippen LogP contribution in [0.1, 0.15) is 68.6 Å². The molecule has 0 atom stereocenters. The predicted molar refractivity (Wildman–Crippen MR) is 88.8 cm³/mol. The number of rotatable bonds is 10. The second-order valence-corrected chi connectivity index (χ2v) is 5.15. The molecule has 4 nitrogen and oxygen atoms in total. The molecule has 0 saturated carbocycles. The summed E-state index contributed by atoms with van der Waals surface area (Å²) in [7, 11) is 0. The molecule has 0 unspecified atom stereocenters. The van der Waals surface area contributed by atoms with E-state index in [1.54, 1.807) is 12.1 Å². The van der Waals surface area contributed by atoms with Crippen LogP contribution in [-0.2, 0) is 4.79 Å². The first kappa shape index (κ1) is 21.2. The molecule has 0 aliphatic rings. The number of ether oxygens (including phenoxy) is 1. The van der Waals surface area contributed by atoms with Gasteiger partial charge in [-0.25, -0.2) is 4.79 Å². The van der Waals surface area contributed by atoms with E-state index in [1.807, 2.05) is 0 Å². The number of para-hydroxylation sites is 1. The third-order valence-corrected chi connectivity index (χ3v) is 3.33. The average molecular weight is 316 g/mol. The van der Waals surface area contributed by atoms with Gasteiger partial charge < -0.3 is 9.84 Å². The van der Waals surface area contributed by atoms with Gasteiger partial charge in [-0.3, -0.25) is 4.79 Å². The van der Waals surface area contributed by atoms with Crippen LogP contribution in [-0.4, -0.2) is 46.6 Å². The summed E-state index contributed by atoms with van der Waals surface area (Å²) in [6, 6.07) is 6.20. The Morgan fingerprint density at radius 1 is 1.00 bits per heavy atom. The molecule has 118 valence electrons. The summed E-state index contributed by atoms with van der Waals surface area (Å²) in [6.07, 6.45) is 8.25. The van der Waals surface area contributed by atoms with Gasteiger partial charge in [-0.1, -0.05) is 57.6 Å². The van der Waals surface area contributed by atoms with Gasteiger partial charge in [-0.15, -0.1) is 0 Å². The van der Waals surface area contributed by atoms with Crippen LogP contribution in [0.2, 0.25) is 0 Å². The number of esters is 1. The van der Waals surface area contributed by atoms with Gasteiger partial charge in [0, 0.05) is 6.42 Å². The Morgan fingerprint density at radius 2 is 1.59 bits per heavy atom. The molecule has 0 aliphatic carbocycles. The zero-order chi connectivity index (χ0) is 15.5. The minimum absolute atomic E-state index is 0. The maximum absolute atomic E-state index is 11.7. The van der Waals surface area contributed by atoms with Crippen molar-refractivity contribution in [2.45, 2.75) is 58.3 Å². The molecule has 0 radical (unpaired) electrons. The number of carboxylic acid groups (broad SMARTS) is 1. The van der Waals surface area contributed by atoms with Crippen molar-refractivity contribution in [1.29, 1.82) is 0 Å². The summed E-state index contributed by atoms with van der Waals surface area (Å²) in [5.74, 6) is -1.33. The van der Waals surface area contributed by atoms with Crippen LogP contribution in [0.3, 0.4) is 0 Å². The first-order chi connectivity index (χ1) is 10.1. The van der Waals surface area contributed by atoms with E-state index in [1.165, 1.54) is 37.8 Å². The molecule has 0 fully saturated rings. The Morgan fingerprint density at radius 3 is 2.23 bits per heavy atom. The zero-order valence-corrected chi connectivity index (χ0v) is 12.6.